The van der Waals surface area contributed by atoms with E-state index in [1.165, 1.54) is 64.2 Å². The molecule has 1 aromatic rings. The van der Waals surface area contributed by atoms with E-state index >= 15 is 0 Å². The first-order chi connectivity index (χ1) is 9.86. The lowest BCUT2D eigenvalue weighted by Gasteiger charge is -2.01. The number of aliphatic hydroxyl groups excluding tert-OH is 1. The first-order valence-electron chi connectivity index (χ1n) is 8.52. The molecule has 0 atom stereocenters. The highest BCUT2D eigenvalue weighted by Gasteiger charge is 2.02. The smallest absolute Gasteiger partial charge is 0.243 e. The van der Waals surface area contributed by atoms with Crippen LogP contribution in [0.3, 0.4) is 0 Å². The van der Waals surface area contributed by atoms with E-state index in [1.807, 2.05) is 10.8 Å². The van der Waals surface area contributed by atoms with Crippen molar-refractivity contribution >= 4 is 0 Å². The number of aryl methyl sites for hydroxylation is 1. The van der Waals surface area contributed by atoms with Gasteiger partial charge in [-0.15, -0.1) is 0 Å². The molecule has 0 spiro atoms. The Hall–Kier alpha value is -0.830. The maximum Gasteiger partial charge on any atom is 0.243 e. The van der Waals surface area contributed by atoms with Crippen LogP contribution in [0.5, 0.6) is 0 Å². The van der Waals surface area contributed by atoms with Crippen molar-refractivity contribution in [1.29, 1.82) is 0 Å². The fourth-order valence-electron chi connectivity index (χ4n) is 2.60. The first kappa shape index (κ1) is 17.2. The van der Waals surface area contributed by atoms with Crippen LogP contribution in [-0.2, 0) is 13.1 Å². The van der Waals surface area contributed by atoms with Crippen LogP contribution in [-0.4, -0.2) is 16.3 Å². The Morgan fingerprint density at radius 1 is 0.900 bits per heavy atom. The van der Waals surface area contributed by atoms with Crippen LogP contribution in [0.25, 0.3) is 0 Å². The van der Waals surface area contributed by atoms with Crippen molar-refractivity contribution in [2.75, 3.05) is 6.61 Å². The van der Waals surface area contributed by atoms with Crippen LogP contribution >= 0.6 is 0 Å². The normalized spacial score (nSPS) is 11.1. The SMILES string of the molecule is CCCCCCCCCCCC[n+]1ccn(CCO)c1. The molecule has 0 saturated heterocycles. The second kappa shape index (κ2) is 12.0. The van der Waals surface area contributed by atoms with Crippen LogP contribution in [0.4, 0.5) is 0 Å². The molecule has 0 aliphatic rings. The van der Waals surface area contributed by atoms with Gasteiger partial charge in [0.25, 0.3) is 0 Å². The van der Waals surface area contributed by atoms with E-state index in [0.717, 1.165) is 6.54 Å². The highest BCUT2D eigenvalue weighted by molar-refractivity contribution is 4.65. The Labute approximate surface area is 124 Å². The largest absolute Gasteiger partial charge is 0.392 e. The van der Waals surface area contributed by atoms with Crippen LogP contribution in [0.1, 0.15) is 71.1 Å². The van der Waals surface area contributed by atoms with E-state index < -0.39 is 0 Å². The molecule has 0 unspecified atom stereocenters. The second-order valence-electron chi connectivity index (χ2n) is 5.79. The molecular formula is C17H33N2O+. The highest BCUT2D eigenvalue weighted by Crippen LogP contribution is 2.10. The molecular weight excluding hydrogens is 248 g/mol. The number of hydrogen-bond donors (Lipinski definition) is 1. The third kappa shape index (κ3) is 8.36. The summed E-state index contributed by atoms with van der Waals surface area (Å²) in [5, 5.41) is 8.86. The molecule has 0 saturated carbocycles. The zero-order valence-electron chi connectivity index (χ0n) is 13.3. The number of aliphatic hydroxyl groups is 1. The standard InChI is InChI=1S/C17H33N2O/c1-2-3-4-5-6-7-8-9-10-11-12-18-13-14-19(17-18)15-16-20/h13-14,17,20H,2-12,15-16H2,1H3/q+1. The molecule has 0 amide bonds. The van der Waals surface area contributed by atoms with Crippen molar-refractivity contribution in [2.24, 2.45) is 0 Å². The number of aromatic nitrogens is 2. The van der Waals surface area contributed by atoms with Gasteiger partial charge in [0.15, 0.2) is 0 Å². The predicted octanol–water partition coefficient (Wildman–Crippen LogP) is 3.69. The maximum atomic E-state index is 8.86. The van der Waals surface area contributed by atoms with Crippen molar-refractivity contribution in [3.8, 4) is 0 Å². The number of imidazole rings is 1. The molecule has 1 heterocycles. The van der Waals surface area contributed by atoms with E-state index in [2.05, 4.69) is 24.0 Å². The lowest BCUT2D eigenvalue weighted by molar-refractivity contribution is -0.696. The van der Waals surface area contributed by atoms with Gasteiger partial charge < -0.3 is 5.11 Å². The molecule has 0 aliphatic carbocycles. The Bertz CT molecular complexity index is 323. The van der Waals surface area contributed by atoms with Crippen LogP contribution in [0.2, 0.25) is 0 Å². The Balaban J connectivity index is 1.89. The molecule has 0 aromatic carbocycles. The van der Waals surface area contributed by atoms with Gasteiger partial charge in [-0.3, -0.25) is 0 Å². The summed E-state index contributed by atoms with van der Waals surface area (Å²) in [7, 11) is 0. The quantitative estimate of drug-likeness (QED) is 0.433. The Morgan fingerprint density at radius 2 is 1.50 bits per heavy atom. The molecule has 1 rings (SSSR count). The number of hydrogen-bond acceptors (Lipinski definition) is 1. The fourth-order valence-corrected chi connectivity index (χ4v) is 2.60. The third-order valence-corrected chi connectivity index (χ3v) is 3.87. The minimum absolute atomic E-state index is 0.215. The zero-order valence-corrected chi connectivity index (χ0v) is 13.3. The third-order valence-electron chi connectivity index (χ3n) is 3.87. The van der Waals surface area contributed by atoms with Gasteiger partial charge in [-0.05, 0) is 12.8 Å². The number of unbranched alkanes of at least 4 members (excludes halogenated alkanes) is 9. The van der Waals surface area contributed by atoms with E-state index in [1.54, 1.807) is 0 Å². The lowest BCUT2D eigenvalue weighted by Crippen LogP contribution is -2.30. The van der Waals surface area contributed by atoms with Crippen LogP contribution < -0.4 is 4.57 Å². The van der Waals surface area contributed by atoms with Gasteiger partial charge in [-0.25, -0.2) is 9.13 Å². The number of nitrogens with zero attached hydrogens (tertiary/aromatic N) is 2. The predicted molar refractivity (Wildman–Crippen MR) is 83.6 cm³/mol. The van der Waals surface area contributed by atoms with Crippen molar-refractivity contribution in [2.45, 2.75) is 84.2 Å². The molecule has 0 aliphatic heterocycles. The van der Waals surface area contributed by atoms with Gasteiger partial charge in [-0.1, -0.05) is 58.3 Å². The molecule has 3 heteroatoms. The van der Waals surface area contributed by atoms with Crippen LogP contribution in [0, 0.1) is 0 Å². The summed E-state index contributed by atoms with van der Waals surface area (Å²) in [5.74, 6) is 0. The first-order valence-corrected chi connectivity index (χ1v) is 8.52. The minimum Gasteiger partial charge on any atom is -0.392 e. The van der Waals surface area contributed by atoms with Gasteiger partial charge in [0.1, 0.15) is 18.9 Å². The summed E-state index contributed by atoms with van der Waals surface area (Å²) < 4.78 is 4.26. The van der Waals surface area contributed by atoms with E-state index in [9.17, 15) is 0 Å². The average molecular weight is 281 g/mol. The van der Waals surface area contributed by atoms with Gasteiger partial charge in [0.2, 0.25) is 6.33 Å². The molecule has 3 nitrogen and oxygen atoms in total. The van der Waals surface area contributed by atoms with E-state index in [-0.39, 0.29) is 6.61 Å². The molecule has 116 valence electrons. The molecule has 0 radical (unpaired) electrons. The summed E-state index contributed by atoms with van der Waals surface area (Å²) in [4.78, 5) is 0. The van der Waals surface area contributed by atoms with E-state index in [4.69, 9.17) is 5.11 Å². The van der Waals surface area contributed by atoms with Crippen LogP contribution in [0.15, 0.2) is 18.7 Å². The van der Waals surface area contributed by atoms with Gasteiger partial charge in [0, 0.05) is 0 Å². The second-order valence-corrected chi connectivity index (χ2v) is 5.79. The highest BCUT2D eigenvalue weighted by atomic mass is 16.3. The maximum absolute atomic E-state index is 8.86. The summed E-state index contributed by atoms with van der Waals surface area (Å²) in [6, 6.07) is 0. The summed E-state index contributed by atoms with van der Waals surface area (Å²) in [6.45, 7) is 4.29. The van der Waals surface area contributed by atoms with Crippen molar-refractivity contribution in [3.05, 3.63) is 18.7 Å². The molecule has 0 bridgehead atoms. The van der Waals surface area contributed by atoms with Gasteiger partial charge in [-0.2, -0.15) is 0 Å². The number of rotatable bonds is 13. The van der Waals surface area contributed by atoms with Crippen molar-refractivity contribution in [3.63, 3.8) is 0 Å². The van der Waals surface area contributed by atoms with Crippen molar-refractivity contribution < 1.29 is 9.67 Å². The minimum atomic E-state index is 0.215. The average Bonchev–Trinajstić information content (AvgIpc) is 2.89. The van der Waals surface area contributed by atoms with Gasteiger partial charge in [0.05, 0.1) is 13.2 Å². The summed E-state index contributed by atoms with van der Waals surface area (Å²) in [6.07, 6.45) is 20.1. The molecule has 1 aromatic heterocycles. The Morgan fingerprint density at radius 3 is 2.10 bits per heavy atom. The topological polar surface area (TPSA) is 29.0 Å². The molecule has 20 heavy (non-hydrogen) atoms. The van der Waals surface area contributed by atoms with E-state index in [0.29, 0.717) is 6.54 Å². The molecule has 1 N–H and O–H groups in total. The Kier molecular flexibility index (Phi) is 10.3. The van der Waals surface area contributed by atoms with Gasteiger partial charge >= 0.3 is 0 Å². The monoisotopic (exact) mass is 281 g/mol. The fraction of sp³-hybridized carbons (Fsp3) is 0.824. The zero-order chi connectivity index (χ0) is 14.5. The van der Waals surface area contributed by atoms with Crippen molar-refractivity contribution in [1.82, 2.24) is 4.57 Å². The summed E-state index contributed by atoms with van der Waals surface area (Å²) >= 11 is 0. The summed E-state index contributed by atoms with van der Waals surface area (Å²) in [5.41, 5.74) is 0. The molecule has 0 fully saturated rings. The lowest BCUT2D eigenvalue weighted by atomic mass is 10.1.